The van der Waals surface area contributed by atoms with Crippen molar-refractivity contribution in [2.45, 2.75) is 83.1 Å². The molecule has 6 rings (SSSR count). The molecule has 57 heavy (non-hydrogen) atoms. The van der Waals surface area contributed by atoms with Gasteiger partial charge in [-0.25, -0.2) is 4.79 Å². The predicted molar refractivity (Wildman–Crippen MR) is 222 cm³/mol. The van der Waals surface area contributed by atoms with Crippen molar-refractivity contribution in [3.63, 3.8) is 0 Å². The molecule has 0 radical (unpaired) electrons. The highest BCUT2D eigenvalue weighted by atomic mass is 79.9. The molecule has 5 aromatic rings. The first-order valence-electron chi connectivity index (χ1n) is 17.5. The number of aryl methyl sites for hydroxylation is 1. The molecule has 0 spiro atoms. The van der Waals surface area contributed by atoms with Gasteiger partial charge in [-0.3, -0.25) is 4.79 Å². The molecule has 1 aliphatic rings. The summed E-state index contributed by atoms with van der Waals surface area (Å²) >= 11 is 6.25. The Morgan fingerprint density at radius 3 is 2.04 bits per heavy atom. The van der Waals surface area contributed by atoms with E-state index in [0.717, 1.165) is 43.5 Å². The number of fused-ring (bicyclic) bond motifs is 1. The van der Waals surface area contributed by atoms with Crippen LogP contribution in [0.3, 0.4) is 0 Å². The number of carboxylic acid groups (broad SMARTS) is 2. The summed E-state index contributed by atoms with van der Waals surface area (Å²) in [5, 5.41) is 29.1. The Labute approximate surface area is 347 Å². The minimum atomic E-state index is -4.37. The fourth-order valence-corrected chi connectivity index (χ4v) is 5.94. The summed E-state index contributed by atoms with van der Waals surface area (Å²) in [7, 11) is -0.473. The molecule has 4 N–H and O–H groups in total. The Kier molecular flexibility index (Phi) is 15.9. The Morgan fingerprint density at radius 2 is 1.53 bits per heavy atom. The van der Waals surface area contributed by atoms with Crippen LogP contribution in [0.2, 0.25) is 0 Å². The average Bonchev–Trinajstić information content (AvgIpc) is 3.73. The monoisotopic (exact) mass is 914 g/mol. The number of halogens is 5. The summed E-state index contributed by atoms with van der Waals surface area (Å²) in [5.74, 6) is -2.39. The maximum atomic E-state index is 11.8. The van der Waals surface area contributed by atoms with E-state index in [0.29, 0.717) is 23.0 Å². The minimum Gasteiger partial charge on any atom is -0.481 e. The predicted octanol–water partition coefficient (Wildman–Crippen LogP) is 10.2. The smallest absolute Gasteiger partial charge is 0.481 e. The van der Waals surface area contributed by atoms with Crippen LogP contribution >= 0.6 is 31.9 Å². The van der Waals surface area contributed by atoms with Gasteiger partial charge in [-0.15, -0.1) is 0 Å². The molecule has 0 amide bonds. The van der Waals surface area contributed by atoms with E-state index in [1.165, 1.54) is 6.07 Å². The van der Waals surface area contributed by atoms with Crippen molar-refractivity contribution < 1.29 is 46.7 Å². The summed E-state index contributed by atoms with van der Waals surface area (Å²) in [6.45, 7) is 13.6. The minimum absolute atomic E-state index is 0.275. The van der Waals surface area contributed by atoms with Crippen molar-refractivity contribution in [2.24, 2.45) is 5.73 Å². The third-order valence-electron chi connectivity index (χ3n) is 9.50. The number of aliphatic carboxylic acids is 1. The quantitative estimate of drug-likeness (QED) is 0.111. The van der Waals surface area contributed by atoms with Gasteiger partial charge in [0.25, 0.3) is 0 Å². The van der Waals surface area contributed by atoms with E-state index in [9.17, 15) is 27.9 Å². The molecule has 0 saturated carbocycles. The number of hydrogen-bond donors (Lipinski definition) is 3. The number of rotatable bonds is 6. The normalized spacial score (nSPS) is 14.2. The SMILES string of the molecule is CC(C)(C(=O)O)c1cccc(B2OC(C)(C)C(C)(C)O2)c1.Cc1ccc2ccccc2c1C(=O)O.FC(F)(F)c1ccc(CBr)o1.N#Cc1cc(Br)ccc1CN. The van der Waals surface area contributed by atoms with Gasteiger partial charge in [0.15, 0.2) is 0 Å². The number of hydrogen-bond acceptors (Lipinski definition) is 7. The van der Waals surface area contributed by atoms with Gasteiger partial charge in [0.1, 0.15) is 5.76 Å². The molecule has 302 valence electrons. The Morgan fingerprint density at radius 1 is 0.895 bits per heavy atom. The second-order valence-electron chi connectivity index (χ2n) is 14.4. The van der Waals surface area contributed by atoms with Gasteiger partial charge in [-0.1, -0.05) is 98.6 Å². The van der Waals surface area contributed by atoms with Crippen LogP contribution in [0.25, 0.3) is 10.8 Å². The van der Waals surface area contributed by atoms with Crippen LogP contribution in [0.5, 0.6) is 0 Å². The summed E-state index contributed by atoms with van der Waals surface area (Å²) in [6, 6.07) is 28.5. The lowest BCUT2D eigenvalue weighted by atomic mass is 9.75. The number of furan rings is 1. The van der Waals surface area contributed by atoms with Gasteiger partial charge in [0.2, 0.25) is 5.76 Å². The van der Waals surface area contributed by atoms with Gasteiger partial charge in [-0.05, 0) is 106 Å². The maximum Gasteiger partial charge on any atom is 0.494 e. The molecule has 0 bridgehead atoms. The van der Waals surface area contributed by atoms with E-state index < -0.39 is 47.6 Å². The van der Waals surface area contributed by atoms with Gasteiger partial charge < -0.3 is 29.7 Å². The molecular weight excluding hydrogens is 872 g/mol. The van der Waals surface area contributed by atoms with Crippen molar-refractivity contribution in [1.29, 1.82) is 5.26 Å². The first kappa shape index (κ1) is 46.9. The lowest BCUT2D eigenvalue weighted by Gasteiger charge is -2.32. The molecule has 0 atom stereocenters. The van der Waals surface area contributed by atoms with E-state index in [1.54, 1.807) is 19.9 Å². The zero-order valence-corrected chi connectivity index (χ0v) is 35.7. The average molecular weight is 916 g/mol. The van der Waals surface area contributed by atoms with E-state index in [2.05, 4.69) is 42.3 Å². The van der Waals surface area contributed by atoms with E-state index in [4.69, 9.17) is 25.4 Å². The van der Waals surface area contributed by atoms with E-state index in [1.807, 2.05) is 107 Å². The molecule has 9 nitrogen and oxygen atoms in total. The molecule has 1 fully saturated rings. The fourth-order valence-electron chi connectivity index (χ4n) is 5.27. The first-order chi connectivity index (χ1) is 26.5. The number of alkyl halides is 4. The Hall–Kier alpha value is -4.46. The van der Waals surface area contributed by atoms with Crippen molar-refractivity contribution in [2.75, 3.05) is 0 Å². The molecule has 1 aliphatic heterocycles. The summed E-state index contributed by atoms with van der Waals surface area (Å²) < 4.78 is 52.8. The third-order valence-corrected chi connectivity index (χ3v) is 10.6. The molecule has 0 aliphatic carbocycles. The standard InChI is InChI=1S/C16H23BO4.C12H10O2.C8H7BrN2.C6H4BrF3O/c1-14(2,13(18)19)11-8-7-9-12(10-11)17-20-15(3,4)16(5,6)21-17;1-8-6-7-9-4-2-3-5-10(9)11(8)12(13)14;9-8-2-1-6(4-10)7(3-8)5-11;7-3-4-1-2-5(11-4)6(8,9)10/h7-10H,1-6H3,(H,18,19);2-7H,1H3,(H,13,14);1-3H,4,10H2;1-2H,3H2. The zero-order chi connectivity index (χ0) is 42.9. The van der Waals surface area contributed by atoms with Crippen LogP contribution in [-0.2, 0) is 37.6 Å². The number of aromatic carboxylic acids is 1. The van der Waals surface area contributed by atoms with Crippen LogP contribution in [0, 0.1) is 18.3 Å². The number of carbonyl (C=O) groups is 2. The van der Waals surface area contributed by atoms with Gasteiger partial charge in [0.05, 0.1) is 39.1 Å². The van der Waals surface area contributed by atoms with Crippen molar-refractivity contribution in [3.8, 4) is 6.07 Å². The Balaban J connectivity index is 0.000000212. The third kappa shape index (κ3) is 12.0. The van der Waals surface area contributed by atoms with Crippen molar-refractivity contribution >= 4 is 67.2 Å². The topological polar surface area (TPSA) is 156 Å². The van der Waals surface area contributed by atoms with Crippen LogP contribution in [0.15, 0.2) is 99.9 Å². The van der Waals surface area contributed by atoms with Crippen molar-refractivity contribution in [1.82, 2.24) is 0 Å². The summed E-state index contributed by atoms with van der Waals surface area (Å²) in [6.07, 6.45) is -4.37. The van der Waals surface area contributed by atoms with Crippen LogP contribution in [0.1, 0.15) is 85.7 Å². The highest BCUT2D eigenvalue weighted by Crippen LogP contribution is 2.37. The lowest BCUT2D eigenvalue weighted by Crippen LogP contribution is -2.41. The Bertz CT molecular complexity index is 2220. The molecular formula is C42H44BBr2F3N2O7. The molecule has 0 unspecified atom stereocenters. The van der Waals surface area contributed by atoms with Gasteiger partial charge in [0, 0.05) is 11.0 Å². The zero-order valence-electron chi connectivity index (χ0n) is 32.5. The second-order valence-corrected chi connectivity index (χ2v) is 15.9. The highest BCUT2D eigenvalue weighted by Gasteiger charge is 2.52. The lowest BCUT2D eigenvalue weighted by molar-refractivity contribution is -0.153. The largest absolute Gasteiger partial charge is 0.494 e. The second kappa shape index (κ2) is 19.3. The number of nitrogens with zero attached hydrogens (tertiary/aromatic N) is 1. The van der Waals surface area contributed by atoms with Crippen LogP contribution < -0.4 is 11.2 Å². The fraction of sp³-hybridized carbons (Fsp3) is 0.310. The van der Waals surface area contributed by atoms with E-state index in [-0.39, 0.29) is 5.76 Å². The molecule has 4 aromatic carbocycles. The highest BCUT2D eigenvalue weighted by molar-refractivity contribution is 9.10. The maximum absolute atomic E-state index is 11.8. The summed E-state index contributed by atoms with van der Waals surface area (Å²) in [4.78, 5) is 22.4. The van der Waals surface area contributed by atoms with Crippen LogP contribution in [0.4, 0.5) is 13.2 Å². The van der Waals surface area contributed by atoms with Gasteiger partial charge in [-0.2, -0.15) is 18.4 Å². The van der Waals surface area contributed by atoms with E-state index >= 15 is 0 Å². The summed E-state index contributed by atoms with van der Waals surface area (Å²) in [5.41, 5.74) is 7.97. The number of nitriles is 1. The molecule has 2 heterocycles. The number of carboxylic acids is 2. The van der Waals surface area contributed by atoms with Gasteiger partial charge >= 0.3 is 25.2 Å². The van der Waals surface area contributed by atoms with Crippen LogP contribution in [-0.4, -0.2) is 40.5 Å². The number of benzene rings is 4. The first-order valence-corrected chi connectivity index (χ1v) is 19.4. The van der Waals surface area contributed by atoms with Crippen molar-refractivity contribution in [3.05, 3.63) is 135 Å². The molecule has 1 saturated heterocycles. The molecule has 15 heteroatoms. The molecule has 1 aromatic heterocycles. The number of nitrogens with two attached hydrogens (primary N) is 1.